The Labute approximate surface area is 99.0 Å². The van der Waals surface area contributed by atoms with Crippen molar-refractivity contribution in [2.75, 3.05) is 5.75 Å². The first kappa shape index (κ1) is 10.4. The third kappa shape index (κ3) is 1.43. The molecule has 5 nitrogen and oxygen atoms in total. The number of nitrogens with zero attached hydrogens (tertiary/aromatic N) is 2. The fourth-order valence-electron chi connectivity index (χ4n) is 2.61. The summed E-state index contributed by atoms with van der Waals surface area (Å²) in [6.45, 7) is 2.22. The van der Waals surface area contributed by atoms with Gasteiger partial charge in [0.15, 0.2) is 0 Å². The molecule has 16 heavy (non-hydrogen) atoms. The van der Waals surface area contributed by atoms with Gasteiger partial charge in [-0.3, -0.25) is 10.2 Å². The molecule has 2 atom stereocenters. The number of hydrazine groups is 1. The van der Waals surface area contributed by atoms with Crippen LogP contribution in [0.25, 0.3) is 0 Å². The third-order valence-corrected chi connectivity index (χ3v) is 4.65. The Morgan fingerprint density at radius 1 is 1.56 bits per heavy atom. The van der Waals surface area contributed by atoms with E-state index in [-0.39, 0.29) is 11.6 Å². The second kappa shape index (κ2) is 3.63. The average molecular weight is 240 g/mol. The van der Waals surface area contributed by atoms with Crippen LogP contribution in [-0.2, 0) is 4.79 Å². The van der Waals surface area contributed by atoms with Crippen LogP contribution in [0, 0.1) is 5.92 Å². The average Bonchev–Trinajstić information content (AvgIpc) is 2.65. The number of hydrazone groups is 1. The number of amides is 1. The molecule has 1 saturated carbocycles. The molecular formula is C10H16N4OS. The lowest BCUT2D eigenvalue weighted by Gasteiger charge is -2.47. The molecule has 6 heteroatoms. The number of fused-ring (bicyclic) bond motifs is 1. The molecule has 0 aromatic heterocycles. The van der Waals surface area contributed by atoms with Crippen molar-refractivity contribution in [1.29, 1.82) is 0 Å². The SMILES string of the molecule is C[C@@H]1CCCC[C@@]12NN=C1SCC(=O)N1N2. The van der Waals surface area contributed by atoms with Crippen molar-refractivity contribution in [2.45, 2.75) is 38.3 Å². The van der Waals surface area contributed by atoms with Crippen molar-refractivity contribution in [2.24, 2.45) is 11.0 Å². The zero-order chi connectivity index (χ0) is 11.2. The number of amidine groups is 1. The Kier molecular flexibility index (Phi) is 2.36. The largest absolute Gasteiger partial charge is 0.285 e. The second-order valence-corrected chi connectivity index (χ2v) is 5.70. The van der Waals surface area contributed by atoms with Gasteiger partial charge in [0, 0.05) is 0 Å². The fraction of sp³-hybridized carbons (Fsp3) is 0.800. The predicted molar refractivity (Wildman–Crippen MR) is 63.4 cm³/mol. The molecule has 2 fully saturated rings. The highest BCUT2D eigenvalue weighted by atomic mass is 32.2. The normalized spacial score (nSPS) is 38.3. The molecule has 3 rings (SSSR count). The van der Waals surface area contributed by atoms with Gasteiger partial charge in [0.05, 0.1) is 5.75 Å². The number of carbonyl (C=O) groups excluding carboxylic acids is 1. The van der Waals surface area contributed by atoms with E-state index in [0.29, 0.717) is 11.7 Å². The first-order valence-corrected chi connectivity index (χ1v) is 6.78. The van der Waals surface area contributed by atoms with Crippen molar-refractivity contribution < 1.29 is 4.79 Å². The van der Waals surface area contributed by atoms with Gasteiger partial charge in [-0.15, -0.1) is 0 Å². The third-order valence-electron chi connectivity index (χ3n) is 3.73. The molecular weight excluding hydrogens is 224 g/mol. The first-order chi connectivity index (χ1) is 7.71. The Hall–Kier alpha value is -0.750. The summed E-state index contributed by atoms with van der Waals surface area (Å²) in [7, 11) is 0. The van der Waals surface area contributed by atoms with Crippen LogP contribution < -0.4 is 10.9 Å². The van der Waals surface area contributed by atoms with Crippen molar-refractivity contribution in [1.82, 2.24) is 15.9 Å². The lowest BCUT2D eigenvalue weighted by Crippen LogP contribution is -2.69. The Balaban J connectivity index is 1.87. The highest BCUT2D eigenvalue weighted by Crippen LogP contribution is 2.35. The van der Waals surface area contributed by atoms with Crippen molar-refractivity contribution >= 4 is 22.8 Å². The quantitative estimate of drug-likeness (QED) is 0.659. The van der Waals surface area contributed by atoms with Crippen LogP contribution in [0.15, 0.2) is 5.10 Å². The Morgan fingerprint density at radius 3 is 3.25 bits per heavy atom. The van der Waals surface area contributed by atoms with Gasteiger partial charge in [-0.25, -0.2) is 5.01 Å². The molecule has 0 radical (unpaired) electrons. The van der Waals surface area contributed by atoms with E-state index in [4.69, 9.17) is 0 Å². The van der Waals surface area contributed by atoms with Gasteiger partial charge in [0.25, 0.3) is 5.91 Å². The summed E-state index contributed by atoms with van der Waals surface area (Å²) in [5, 5.41) is 6.73. The number of hydrogen-bond donors (Lipinski definition) is 2. The zero-order valence-electron chi connectivity index (χ0n) is 9.32. The molecule has 0 unspecified atom stereocenters. The maximum absolute atomic E-state index is 11.7. The number of carbonyl (C=O) groups is 1. The molecule has 1 amide bonds. The van der Waals surface area contributed by atoms with Crippen LogP contribution in [0.5, 0.6) is 0 Å². The van der Waals surface area contributed by atoms with Gasteiger partial charge >= 0.3 is 0 Å². The van der Waals surface area contributed by atoms with Gasteiger partial charge in [0.2, 0.25) is 5.17 Å². The Morgan fingerprint density at radius 2 is 2.44 bits per heavy atom. The van der Waals surface area contributed by atoms with E-state index in [2.05, 4.69) is 22.9 Å². The van der Waals surface area contributed by atoms with E-state index >= 15 is 0 Å². The van der Waals surface area contributed by atoms with Crippen LogP contribution in [-0.4, -0.2) is 27.5 Å². The summed E-state index contributed by atoms with van der Waals surface area (Å²) in [5.41, 5.74) is 6.38. The molecule has 3 aliphatic rings. The van der Waals surface area contributed by atoms with Crippen molar-refractivity contribution in [3.8, 4) is 0 Å². The summed E-state index contributed by atoms with van der Waals surface area (Å²) in [6.07, 6.45) is 4.66. The molecule has 2 N–H and O–H groups in total. The van der Waals surface area contributed by atoms with E-state index in [0.717, 1.165) is 11.6 Å². The monoisotopic (exact) mass is 240 g/mol. The minimum absolute atomic E-state index is 0.113. The topological polar surface area (TPSA) is 56.7 Å². The minimum Gasteiger partial charge on any atom is -0.285 e. The van der Waals surface area contributed by atoms with Crippen LogP contribution in [0.1, 0.15) is 32.6 Å². The molecule has 1 spiro atoms. The molecule has 0 aromatic carbocycles. The van der Waals surface area contributed by atoms with E-state index < -0.39 is 0 Å². The number of thioether (sulfide) groups is 1. The highest BCUT2D eigenvalue weighted by Gasteiger charge is 2.45. The minimum atomic E-state index is -0.206. The summed E-state index contributed by atoms with van der Waals surface area (Å²) in [6, 6.07) is 0. The molecule has 88 valence electrons. The lowest BCUT2D eigenvalue weighted by atomic mass is 9.80. The molecule has 1 saturated heterocycles. The van der Waals surface area contributed by atoms with Gasteiger partial charge < -0.3 is 0 Å². The van der Waals surface area contributed by atoms with Crippen LogP contribution >= 0.6 is 11.8 Å². The van der Waals surface area contributed by atoms with Gasteiger partial charge in [-0.05, 0) is 25.2 Å². The summed E-state index contributed by atoms with van der Waals surface area (Å²) in [4.78, 5) is 11.7. The first-order valence-electron chi connectivity index (χ1n) is 5.80. The van der Waals surface area contributed by atoms with Gasteiger partial charge in [-0.1, -0.05) is 25.1 Å². The molecule has 0 aromatic rings. The number of rotatable bonds is 0. The van der Waals surface area contributed by atoms with Gasteiger partial charge in [-0.2, -0.15) is 10.5 Å². The second-order valence-electron chi connectivity index (χ2n) is 4.75. The smallest absolute Gasteiger partial charge is 0.253 e. The standard InChI is InChI=1S/C10H16N4OS/c1-7-4-2-3-5-10(7)12-11-9-14(13-10)8(15)6-16-9/h7,12-13H,2-6H2,1H3/t7-,10+/m1/s1. The van der Waals surface area contributed by atoms with Crippen LogP contribution in [0.4, 0.5) is 0 Å². The van der Waals surface area contributed by atoms with Crippen LogP contribution in [0.2, 0.25) is 0 Å². The maximum Gasteiger partial charge on any atom is 0.253 e. The molecule has 0 bridgehead atoms. The van der Waals surface area contributed by atoms with E-state index in [1.807, 2.05) is 0 Å². The lowest BCUT2D eigenvalue weighted by molar-refractivity contribution is -0.130. The van der Waals surface area contributed by atoms with Crippen LogP contribution in [0.3, 0.4) is 0 Å². The van der Waals surface area contributed by atoms with E-state index in [1.165, 1.54) is 31.0 Å². The summed E-state index contributed by atoms with van der Waals surface area (Å²) < 4.78 is 0. The Bertz CT molecular complexity index is 359. The molecule has 1 aliphatic carbocycles. The molecule has 2 aliphatic heterocycles. The fourth-order valence-corrected chi connectivity index (χ4v) is 3.37. The van der Waals surface area contributed by atoms with Crippen molar-refractivity contribution in [3.63, 3.8) is 0 Å². The van der Waals surface area contributed by atoms with E-state index in [1.54, 1.807) is 5.01 Å². The number of nitrogens with one attached hydrogen (secondary N) is 2. The summed E-state index contributed by atoms with van der Waals surface area (Å²) in [5.74, 6) is 1.10. The maximum atomic E-state index is 11.7. The predicted octanol–water partition coefficient (Wildman–Crippen LogP) is 0.847. The summed E-state index contributed by atoms with van der Waals surface area (Å²) >= 11 is 1.48. The highest BCUT2D eigenvalue weighted by molar-refractivity contribution is 8.15. The van der Waals surface area contributed by atoms with Crippen molar-refractivity contribution in [3.05, 3.63) is 0 Å². The zero-order valence-corrected chi connectivity index (χ0v) is 10.1. The van der Waals surface area contributed by atoms with Gasteiger partial charge in [0.1, 0.15) is 5.66 Å². The van der Waals surface area contributed by atoms with E-state index in [9.17, 15) is 4.79 Å². The molecule has 2 heterocycles. The number of hydrogen-bond acceptors (Lipinski definition) is 5.